The monoisotopic (exact) mass is 573 g/mol. The topological polar surface area (TPSA) is 90.1 Å². The minimum Gasteiger partial charge on any atom is -0.477 e. The fraction of sp³-hybridized carbons (Fsp3) is 0.556. The molecule has 1 amide bonds. The Labute approximate surface area is 233 Å². The number of carbonyl (C=O) groups excluding carboxylic acids is 1. The molecule has 2 bridgehead atoms. The first-order valence-corrected chi connectivity index (χ1v) is 14.4. The van der Waals surface area contributed by atoms with Crippen molar-refractivity contribution in [2.24, 2.45) is 5.41 Å². The third-order valence-electron chi connectivity index (χ3n) is 9.00. The molecule has 2 fully saturated rings. The number of amides is 1. The van der Waals surface area contributed by atoms with E-state index in [9.17, 15) is 18.0 Å². The van der Waals surface area contributed by atoms with Crippen molar-refractivity contribution in [3.8, 4) is 11.7 Å². The number of carbonyl (C=O) groups is 1. The van der Waals surface area contributed by atoms with Gasteiger partial charge in [0.25, 0.3) is 5.91 Å². The van der Waals surface area contributed by atoms with Gasteiger partial charge in [0, 0.05) is 36.3 Å². The van der Waals surface area contributed by atoms with Crippen molar-refractivity contribution in [3.63, 3.8) is 0 Å². The Morgan fingerprint density at radius 3 is 2.77 bits per heavy atom. The molecular weight excluding hydrogens is 543 g/mol. The Hall–Kier alpha value is -3.22. The van der Waals surface area contributed by atoms with Crippen LogP contribution in [-0.4, -0.2) is 55.3 Å². The van der Waals surface area contributed by atoms with E-state index in [1.165, 1.54) is 22.3 Å². The summed E-state index contributed by atoms with van der Waals surface area (Å²) in [5.41, 5.74) is -0.348. The lowest BCUT2D eigenvalue weighted by Gasteiger charge is -2.35. The molecule has 7 rings (SSSR count). The first-order valence-electron chi connectivity index (χ1n) is 13.6. The summed E-state index contributed by atoms with van der Waals surface area (Å²) in [6, 6.07) is 5.09. The van der Waals surface area contributed by atoms with E-state index in [-0.39, 0.29) is 48.6 Å². The number of aryl methyl sites for hydroxylation is 1. The Morgan fingerprint density at radius 1 is 1.18 bits per heavy atom. The Kier molecular flexibility index (Phi) is 5.56. The van der Waals surface area contributed by atoms with E-state index in [2.05, 4.69) is 38.3 Å². The number of hydrogen-bond acceptors (Lipinski definition) is 7. The predicted molar refractivity (Wildman–Crippen MR) is 142 cm³/mol. The molecule has 3 aromatic heterocycles. The number of nitrogens with one attached hydrogen (secondary N) is 1. The van der Waals surface area contributed by atoms with Gasteiger partial charge < -0.3 is 9.64 Å². The predicted octanol–water partition coefficient (Wildman–Crippen LogP) is 5.05. The van der Waals surface area contributed by atoms with Crippen LogP contribution in [0.5, 0.6) is 5.88 Å². The maximum atomic E-state index is 13.4. The molecule has 40 heavy (non-hydrogen) atoms. The van der Waals surface area contributed by atoms with Crippen LogP contribution >= 0.6 is 11.9 Å². The largest absolute Gasteiger partial charge is 0.477 e. The van der Waals surface area contributed by atoms with Crippen LogP contribution in [0.3, 0.4) is 0 Å². The first-order chi connectivity index (χ1) is 19.0. The van der Waals surface area contributed by atoms with E-state index in [4.69, 9.17) is 9.72 Å². The molecule has 3 aliphatic heterocycles. The van der Waals surface area contributed by atoms with Gasteiger partial charge in [0.2, 0.25) is 5.88 Å². The molecule has 1 atom stereocenters. The van der Waals surface area contributed by atoms with Gasteiger partial charge in [-0.3, -0.25) is 14.2 Å². The summed E-state index contributed by atoms with van der Waals surface area (Å²) >= 11 is 1.31. The number of aromatic nitrogens is 5. The summed E-state index contributed by atoms with van der Waals surface area (Å²) in [5, 5.41) is 9.05. The highest BCUT2D eigenvalue weighted by molar-refractivity contribution is 7.98. The maximum Gasteiger partial charge on any atom is 0.394 e. The van der Waals surface area contributed by atoms with Crippen LogP contribution in [0.25, 0.3) is 5.82 Å². The third kappa shape index (κ3) is 3.99. The summed E-state index contributed by atoms with van der Waals surface area (Å²) in [5.74, 6) is 1.06. The Balaban J connectivity index is 1.19. The Bertz CT molecular complexity index is 1500. The third-order valence-corrected chi connectivity index (χ3v) is 9.80. The maximum absolute atomic E-state index is 13.4. The molecule has 0 radical (unpaired) electrons. The zero-order valence-corrected chi connectivity index (χ0v) is 23.1. The van der Waals surface area contributed by atoms with Gasteiger partial charge in [0.1, 0.15) is 5.82 Å². The van der Waals surface area contributed by atoms with Crippen molar-refractivity contribution >= 4 is 23.7 Å². The number of halogens is 3. The average molecular weight is 574 g/mol. The molecule has 1 saturated heterocycles. The minimum atomic E-state index is -4.20. The smallest absolute Gasteiger partial charge is 0.394 e. The molecule has 1 saturated carbocycles. The van der Waals surface area contributed by atoms with Gasteiger partial charge in [-0.05, 0) is 76.5 Å². The molecule has 0 aromatic carbocycles. The van der Waals surface area contributed by atoms with E-state index in [0.717, 1.165) is 30.7 Å². The number of fused-ring (bicyclic) bond motifs is 3. The van der Waals surface area contributed by atoms with E-state index < -0.39 is 11.6 Å². The molecule has 13 heteroatoms. The summed E-state index contributed by atoms with van der Waals surface area (Å²) in [6.07, 6.45) is 2.51. The van der Waals surface area contributed by atoms with Crippen LogP contribution < -0.4 is 14.4 Å². The summed E-state index contributed by atoms with van der Waals surface area (Å²) < 4.78 is 51.9. The fourth-order valence-corrected chi connectivity index (χ4v) is 7.64. The van der Waals surface area contributed by atoms with Gasteiger partial charge in [-0.25, -0.2) is 9.67 Å². The highest BCUT2D eigenvalue weighted by Crippen LogP contribution is 2.60. The van der Waals surface area contributed by atoms with Crippen LogP contribution in [0.2, 0.25) is 0 Å². The van der Waals surface area contributed by atoms with Crippen LogP contribution in [0, 0.1) is 5.41 Å². The lowest BCUT2D eigenvalue weighted by atomic mass is 9.74. The number of hydrogen-bond donors (Lipinski definition) is 1. The average Bonchev–Trinajstić information content (AvgIpc) is 3.24. The number of alkyl halides is 3. The van der Waals surface area contributed by atoms with Crippen molar-refractivity contribution in [2.75, 3.05) is 18.1 Å². The van der Waals surface area contributed by atoms with Crippen LogP contribution in [0.1, 0.15) is 68.4 Å². The zero-order chi connectivity index (χ0) is 27.9. The fourth-order valence-electron chi connectivity index (χ4n) is 6.81. The van der Waals surface area contributed by atoms with Gasteiger partial charge in [-0.15, -0.1) is 5.10 Å². The molecule has 1 unspecified atom stereocenters. The quantitative estimate of drug-likeness (QED) is 0.428. The SMILES string of the molecule is CC1(C)CC23CCCn4ncc(c42)SNC(=O)c2ccc(-n4ccc(OCCC5(C(F)(F)F)CC5)n4)nc2N1C3. The van der Waals surface area contributed by atoms with Crippen molar-refractivity contribution in [1.29, 1.82) is 0 Å². The van der Waals surface area contributed by atoms with Gasteiger partial charge in [-0.2, -0.15) is 18.3 Å². The number of pyridine rings is 1. The molecule has 9 nitrogen and oxygen atoms in total. The second-order valence-corrected chi connectivity index (χ2v) is 12.9. The number of anilines is 1. The Morgan fingerprint density at radius 2 is 2.00 bits per heavy atom. The molecule has 1 spiro atoms. The van der Waals surface area contributed by atoms with Crippen molar-refractivity contribution in [1.82, 2.24) is 29.3 Å². The molecule has 6 heterocycles. The lowest BCUT2D eigenvalue weighted by Crippen LogP contribution is -2.41. The summed E-state index contributed by atoms with van der Waals surface area (Å²) in [6.45, 7) is 5.89. The number of nitrogens with zero attached hydrogens (tertiary/aromatic N) is 6. The zero-order valence-electron chi connectivity index (χ0n) is 22.3. The van der Waals surface area contributed by atoms with E-state index in [1.54, 1.807) is 24.4 Å². The van der Waals surface area contributed by atoms with E-state index >= 15 is 0 Å². The number of rotatable bonds is 5. The van der Waals surface area contributed by atoms with Gasteiger partial charge in [0.15, 0.2) is 5.82 Å². The van der Waals surface area contributed by atoms with Gasteiger partial charge >= 0.3 is 6.18 Å². The molecule has 3 aromatic rings. The summed E-state index contributed by atoms with van der Waals surface area (Å²) in [7, 11) is 0. The van der Waals surface area contributed by atoms with Crippen LogP contribution in [-0.2, 0) is 12.0 Å². The molecule has 4 aliphatic rings. The second-order valence-electron chi connectivity index (χ2n) is 12.1. The summed E-state index contributed by atoms with van der Waals surface area (Å²) in [4.78, 5) is 21.5. The van der Waals surface area contributed by atoms with E-state index in [0.29, 0.717) is 23.7 Å². The second kappa shape index (κ2) is 8.64. The molecular formula is C27H30F3N7O2S. The van der Waals surface area contributed by atoms with Crippen molar-refractivity contribution in [3.05, 3.63) is 41.9 Å². The molecule has 1 aliphatic carbocycles. The van der Waals surface area contributed by atoms with Crippen LogP contribution in [0.15, 0.2) is 35.5 Å². The first kappa shape index (κ1) is 25.7. The normalized spacial score (nSPS) is 24.2. The van der Waals surface area contributed by atoms with Crippen LogP contribution in [0.4, 0.5) is 19.0 Å². The molecule has 1 N–H and O–H groups in total. The van der Waals surface area contributed by atoms with Crippen molar-refractivity contribution < 1.29 is 22.7 Å². The lowest BCUT2D eigenvalue weighted by molar-refractivity contribution is -0.190. The highest BCUT2D eigenvalue weighted by atomic mass is 32.2. The molecule has 212 valence electrons. The highest BCUT2D eigenvalue weighted by Gasteiger charge is 2.62. The number of ether oxygens (including phenoxy) is 1. The minimum absolute atomic E-state index is 0.0609. The standard InChI is InChI=1S/C27H30F3N7O2S/c1-24(2)15-25-7-3-11-37-21(25)18(14-31-37)40-34-23(38)17-4-5-19(32-22(17)35(24)16-25)36-12-6-20(33-36)39-13-10-26(8-9-26)27(28,29)30/h4-6,12,14H,3,7-11,13,15-16H2,1-2H3,(H,34,38). The van der Waals surface area contributed by atoms with E-state index in [1.807, 2.05) is 6.20 Å². The van der Waals surface area contributed by atoms with Crippen molar-refractivity contribution in [2.45, 2.75) is 80.9 Å². The van der Waals surface area contributed by atoms with Gasteiger partial charge in [-0.1, -0.05) is 0 Å². The van der Waals surface area contributed by atoms with Gasteiger partial charge in [0.05, 0.1) is 34.4 Å².